The van der Waals surface area contributed by atoms with Gasteiger partial charge in [0.05, 0.1) is 19.2 Å². The predicted octanol–water partition coefficient (Wildman–Crippen LogP) is 1.72. The Morgan fingerprint density at radius 2 is 1.86 bits per heavy atom. The summed E-state index contributed by atoms with van der Waals surface area (Å²) in [5.74, 6) is 0.518. The first kappa shape index (κ1) is 24.0. The summed E-state index contributed by atoms with van der Waals surface area (Å²) in [6, 6.07) is 10.9. The molecule has 5 rings (SSSR count). The molecule has 4 heterocycles. The summed E-state index contributed by atoms with van der Waals surface area (Å²) in [5.41, 5.74) is 2.38. The first-order chi connectivity index (χ1) is 17.0. The molecule has 2 fully saturated rings. The number of aliphatic hydroxyl groups is 1. The van der Waals surface area contributed by atoms with E-state index in [2.05, 4.69) is 15.1 Å². The standard InChI is InChI=1S/C27H36N4O4/c1-29-24-21(22(17-32)25(29)26(33)28-12-15-30-13-4-3-5-14-30)16-31-23(24)11-10-20(27(31)34)18-6-8-19(35-2)9-7-18/h6-11,21-22,24-25,32H,3-5,12-17H2,1-2H3,(H,28,33)/t21-,22-,24+,25-/m1/s1. The number of carbonyl (C=O) groups is 1. The average Bonchev–Trinajstić information content (AvgIpc) is 3.40. The van der Waals surface area contributed by atoms with Crippen LogP contribution in [0.25, 0.3) is 11.1 Å². The van der Waals surface area contributed by atoms with Crippen LogP contribution in [0.2, 0.25) is 0 Å². The van der Waals surface area contributed by atoms with Crippen molar-refractivity contribution < 1.29 is 14.6 Å². The van der Waals surface area contributed by atoms with Gasteiger partial charge in [0, 0.05) is 49.3 Å². The maximum atomic E-state index is 13.4. The number of likely N-dealkylation sites (N-methyl/N-ethyl adjacent to an activating group) is 1. The van der Waals surface area contributed by atoms with Crippen molar-refractivity contribution in [2.24, 2.45) is 11.8 Å². The van der Waals surface area contributed by atoms with Gasteiger partial charge < -0.3 is 24.6 Å². The number of likely N-dealkylation sites (tertiary alicyclic amines) is 2. The van der Waals surface area contributed by atoms with Crippen molar-refractivity contribution in [3.05, 3.63) is 52.4 Å². The Labute approximate surface area is 206 Å². The van der Waals surface area contributed by atoms with E-state index in [9.17, 15) is 14.7 Å². The van der Waals surface area contributed by atoms with Gasteiger partial charge in [-0.05, 0) is 62.8 Å². The molecule has 0 spiro atoms. The van der Waals surface area contributed by atoms with Crippen LogP contribution in [0.5, 0.6) is 5.75 Å². The number of hydrogen-bond donors (Lipinski definition) is 2. The monoisotopic (exact) mass is 480 g/mol. The lowest BCUT2D eigenvalue weighted by molar-refractivity contribution is -0.127. The molecule has 1 aromatic carbocycles. The van der Waals surface area contributed by atoms with Gasteiger partial charge in [0.25, 0.3) is 5.56 Å². The van der Waals surface area contributed by atoms with Crippen molar-refractivity contribution >= 4 is 5.91 Å². The minimum atomic E-state index is -0.401. The second kappa shape index (κ2) is 10.1. The fraction of sp³-hybridized carbons (Fsp3) is 0.556. The average molecular weight is 481 g/mol. The van der Waals surface area contributed by atoms with Gasteiger partial charge in [-0.1, -0.05) is 18.6 Å². The van der Waals surface area contributed by atoms with Gasteiger partial charge in [-0.25, -0.2) is 0 Å². The van der Waals surface area contributed by atoms with Crippen molar-refractivity contribution in [2.75, 3.05) is 46.9 Å². The zero-order valence-electron chi connectivity index (χ0n) is 20.7. The van der Waals surface area contributed by atoms with Crippen LogP contribution in [0, 0.1) is 11.8 Å². The van der Waals surface area contributed by atoms with Crippen LogP contribution in [0.1, 0.15) is 31.0 Å². The smallest absolute Gasteiger partial charge is 0.258 e. The van der Waals surface area contributed by atoms with Crippen molar-refractivity contribution in [1.82, 2.24) is 19.7 Å². The van der Waals surface area contributed by atoms with Crippen LogP contribution in [-0.2, 0) is 11.3 Å². The van der Waals surface area contributed by atoms with E-state index in [0.29, 0.717) is 18.7 Å². The number of nitrogens with one attached hydrogen (secondary N) is 1. The number of methoxy groups -OCH3 is 1. The Bertz CT molecular complexity index is 1110. The first-order valence-electron chi connectivity index (χ1n) is 12.7. The van der Waals surface area contributed by atoms with E-state index in [0.717, 1.165) is 36.6 Å². The molecule has 4 atom stereocenters. The van der Waals surface area contributed by atoms with Gasteiger partial charge in [-0.3, -0.25) is 14.5 Å². The Hall–Kier alpha value is -2.68. The van der Waals surface area contributed by atoms with Gasteiger partial charge in [-0.2, -0.15) is 0 Å². The van der Waals surface area contributed by atoms with E-state index < -0.39 is 6.04 Å². The number of amides is 1. The third-order valence-corrected chi connectivity index (χ3v) is 8.20. The van der Waals surface area contributed by atoms with Gasteiger partial charge in [0.1, 0.15) is 5.75 Å². The lowest BCUT2D eigenvalue weighted by atomic mass is 9.88. The Morgan fingerprint density at radius 1 is 1.11 bits per heavy atom. The highest BCUT2D eigenvalue weighted by Gasteiger charge is 2.54. The molecule has 1 aromatic heterocycles. The summed E-state index contributed by atoms with van der Waals surface area (Å²) in [6.45, 7) is 4.13. The molecule has 3 aliphatic rings. The molecule has 0 unspecified atom stereocenters. The number of aromatic nitrogens is 1. The largest absolute Gasteiger partial charge is 0.497 e. The zero-order chi connectivity index (χ0) is 24.5. The fourth-order valence-corrected chi connectivity index (χ4v) is 6.39. The summed E-state index contributed by atoms with van der Waals surface area (Å²) < 4.78 is 7.06. The molecule has 3 aliphatic heterocycles. The lowest BCUT2D eigenvalue weighted by Crippen LogP contribution is -2.48. The molecule has 188 valence electrons. The third kappa shape index (κ3) is 4.39. The van der Waals surface area contributed by atoms with E-state index in [1.807, 2.05) is 48.0 Å². The molecule has 1 amide bonds. The van der Waals surface area contributed by atoms with E-state index in [1.165, 1.54) is 19.3 Å². The molecule has 2 saturated heterocycles. The number of rotatable bonds is 7. The highest BCUT2D eigenvalue weighted by atomic mass is 16.5. The number of piperidine rings is 1. The minimum absolute atomic E-state index is 0.0154. The summed E-state index contributed by atoms with van der Waals surface area (Å²) >= 11 is 0. The number of pyridine rings is 1. The molecular formula is C27H36N4O4. The highest BCUT2D eigenvalue weighted by Crippen LogP contribution is 2.48. The zero-order valence-corrected chi connectivity index (χ0v) is 20.7. The molecule has 2 aromatic rings. The maximum absolute atomic E-state index is 13.4. The van der Waals surface area contributed by atoms with E-state index >= 15 is 0 Å². The second-order valence-corrected chi connectivity index (χ2v) is 10.1. The molecule has 0 saturated carbocycles. The van der Waals surface area contributed by atoms with Crippen LogP contribution in [0.3, 0.4) is 0 Å². The number of ether oxygens (including phenoxy) is 1. The molecule has 35 heavy (non-hydrogen) atoms. The van der Waals surface area contributed by atoms with Crippen LogP contribution in [0.15, 0.2) is 41.2 Å². The maximum Gasteiger partial charge on any atom is 0.258 e. The number of aliphatic hydroxyl groups excluding tert-OH is 1. The SMILES string of the molecule is COc1ccc(-c2ccc3n(c2=O)C[C@@H]2[C@@H](CO)[C@H](C(=O)NCCN4CCCCC4)N(C)[C@H]32)cc1. The Morgan fingerprint density at radius 3 is 2.54 bits per heavy atom. The lowest BCUT2D eigenvalue weighted by Gasteiger charge is -2.29. The Balaban J connectivity index is 1.33. The molecule has 0 radical (unpaired) electrons. The number of nitrogens with zero attached hydrogens (tertiary/aromatic N) is 3. The molecule has 0 aliphatic carbocycles. The van der Waals surface area contributed by atoms with Crippen molar-refractivity contribution in [3.8, 4) is 16.9 Å². The van der Waals surface area contributed by atoms with Gasteiger partial charge >= 0.3 is 0 Å². The number of carbonyl (C=O) groups excluding carboxylic acids is 1. The molecular weight excluding hydrogens is 444 g/mol. The van der Waals surface area contributed by atoms with Crippen LogP contribution < -0.4 is 15.6 Å². The normalized spacial score (nSPS) is 26.4. The topological polar surface area (TPSA) is 87.0 Å². The minimum Gasteiger partial charge on any atom is -0.497 e. The number of fused-ring (bicyclic) bond motifs is 3. The van der Waals surface area contributed by atoms with Crippen molar-refractivity contribution in [3.63, 3.8) is 0 Å². The summed E-state index contributed by atoms with van der Waals surface area (Å²) in [5, 5.41) is 13.4. The van der Waals surface area contributed by atoms with Crippen LogP contribution in [0.4, 0.5) is 0 Å². The predicted molar refractivity (Wildman–Crippen MR) is 134 cm³/mol. The van der Waals surface area contributed by atoms with Crippen molar-refractivity contribution in [2.45, 2.75) is 37.9 Å². The molecule has 8 nitrogen and oxygen atoms in total. The van der Waals surface area contributed by atoms with Gasteiger partial charge in [0.2, 0.25) is 5.91 Å². The first-order valence-corrected chi connectivity index (χ1v) is 12.7. The Kier molecular flexibility index (Phi) is 6.95. The molecule has 2 N–H and O–H groups in total. The third-order valence-electron chi connectivity index (χ3n) is 8.20. The van der Waals surface area contributed by atoms with Gasteiger partial charge in [-0.15, -0.1) is 0 Å². The summed E-state index contributed by atoms with van der Waals surface area (Å²) in [4.78, 5) is 31.1. The van der Waals surface area contributed by atoms with E-state index in [4.69, 9.17) is 4.74 Å². The fourth-order valence-electron chi connectivity index (χ4n) is 6.39. The van der Waals surface area contributed by atoms with Crippen molar-refractivity contribution in [1.29, 1.82) is 0 Å². The second-order valence-electron chi connectivity index (χ2n) is 10.1. The number of hydrogen-bond acceptors (Lipinski definition) is 6. The molecule has 0 bridgehead atoms. The van der Waals surface area contributed by atoms with E-state index in [1.54, 1.807) is 7.11 Å². The quantitative estimate of drug-likeness (QED) is 0.628. The van der Waals surface area contributed by atoms with Crippen LogP contribution in [-0.4, -0.2) is 78.4 Å². The summed E-state index contributed by atoms with van der Waals surface area (Å²) in [7, 11) is 3.56. The number of benzene rings is 1. The highest BCUT2D eigenvalue weighted by molar-refractivity contribution is 5.82. The van der Waals surface area contributed by atoms with Crippen LogP contribution >= 0.6 is 0 Å². The molecule has 8 heteroatoms. The summed E-state index contributed by atoms with van der Waals surface area (Å²) in [6.07, 6.45) is 3.76. The van der Waals surface area contributed by atoms with Gasteiger partial charge in [0.15, 0.2) is 0 Å². The van der Waals surface area contributed by atoms with E-state index in [-0.39, 0.29) is 36.0 Å².